The van der Waals surface area contributed by atoms with Crippen LogP contribution in [0.4, 0.5) is 0 Å². The van der Waals surface area contributed by atoms with Gasteiger partial charge in [-0.15, -0.1) is 0 Å². The average Bonchev–Trinajstić information content (AvgIpc) is 2.59. The Morgan fingerprint density at radius 3 is 1.48 bits per heavy atom. The third-order valence-electron chi connectivity index (χ3n) is 3.58. The molecule has 0 amide bonds. The molecule has 2 atom stereocenters. The lowest BCUT2D eigenvalue weighted by atomic mass is 9.92. The summed E-state index contributed by atoms with van der Waals surface area (Å²) >= 11 is 0. The maximum Gasteiger partial charge on any atom is 0.117 e. The van der Waals surface area contributed by atoms with Crippen LogP contribution in [0.2, 0.25) is 0 Å². The van der Waals surface area contributed by atoms with Crippen LogP contribution in [0.3, 0.4) is 0 Å². The Kier molecular flexibility index (Phi) is 6.81. The number of aliphatic hydroxyl groups is 3. The normalized spacial score (nSPS) is 13.0. The zero-order chi connectivity index (χ0) is 18.1. The zero-order valence-corrected chi connectivity index (χ0v) is 14.2. The van der Waals surface area contributed by atoms with Gasteiger partial charge in [0.25, 0.3) is 0 Å². The van der Waals surface area contributed by atoms with Gasteiger partial charge < -0.3 is 15.3 Å². The third-order valence-corrected chi connectivity index (χ3v) is 3.58. The molecule has 0 aliphatic rings. The molecule has 0 heterocycles. The van der Waals surface area contributed by atoms with Gasteiger partial charge in [-0.25, -0.2) is 0 Å². The van der Waals surface area contributed by atoms with Crippen LogP contribution in [-0.2, 0) is 0 Å². The predicted molar refractivity (Wildman–Crippen MR) is 98.5 cm³/mol. The molecule has 0 saturated heterocycles. The molecule has 2 aromatic rings. The molecular formula is C22H22O3. The minimum absolute atomic E-state index is 0.0386. The molecule has 2 aromatic carbocycles. The molecule has 0 radical (unpaired) electrons. The zero-order valence-electron chi connectivity index (χ0n) is 14.2. The second-order valence-electron chi connectivity index (χ2n) is 6.21. The summed E-state index contributed by atoms with van der Waals surface area (Å²) in [7, 11) is 0. The first-order chi connectivity index (χ1) is 11.9. The quantitative estimate of drug-likeness (QED) is 0.752. The van der Waals surface area contributed by atoms with Crippen LogP contribution >= 0.6 is 0 Å². The molecule has 128 valence electrons. The van der Waals surface area contributed by atoms with E-state index in [-0.39, 0.29) is 12.8 Å². The molecule has 0 aliphatic heterocycles. The van der Waals surface area contributed by atoms with Crippen LogP contribution in [-0.4, -0.2) is 33.1 Å². The van der Waals surface area contributed by atoms with E-state index in [0.717, 1.165) is 11.1 Å². The maximum absolute atomic E-state index is 10.4. The lowest BCUT2D eigenvalue weighted by molar-refractivity contribution is -0.0109. The molecule has 3 heteroatoms. The van der Waals surface area contributed by atoms with E-state index in [9.17, 15) is 15.3 Å². The summed E-state index contributed by atoms with van der Waals surface area (Å²) in [5.74, 6) is 11.2. The Balaban J connectivity index is 1.90. The van der Waals surface area contributed by atoms with Crippen molar-refractivity contribution >= 4 is 0 Å². The Labute approximate surface area is 149 Å². The first-order valence-electron chi connectivity index (χ1n) is 8.16. The summed E-state index contributed by atoms with van der Waals surface area (Å²) in [6.07, 6.45) is -1.89. The fourth-order valence-corrected chi connectivity index (χ4v) is 2.39. The highest BCUT2D eigenvalue weighted by Gasteiger charge is 2.26. The van der Waals surface area contributed by atoms with Crippen molar-refractivity contribution < 1.29 is 15.3 Å². The van der Waals surface area contributed by atoms with Gasteiger partial charge in [0, 0.05) is 24.0 Å². The molecular weight excluding hydrogens is 312 g/mol. The minimum atomic E-state index is -1.27. The summed E-state index contributed by atoms with van der Waals surface area (Å²) in [4.78, 5) is 0. The molecule has 25 heavy (non-hydrogen) atoms. The smallest absolute Gasteiger partial charge is 0.117 e. The summed E-state index contributed by atoms with van der Waals surface area (Å²) < 4.78 is 0. The van der Waals surface area contributed by atoms with E-state index in [1.165, 1.54) is 0 Å². The highest BCUT2D eigenvalue weighted by Crippen LogP contribution is 2.19. The van der Waals surface area contributed by atoms with Crippen LogP contribution in [0.25, 0.3) is 0 Å². The van der Waals surface area contributed by atoms with Crippen molar-refractivity contribution in [2.24, 2.45) is 0 Å². The van der Waals surface area contributed by atoms with Gasteiger partial charge in [-0.2, -0.15) is 0 Å². The molecule has 0 fully saturated rings. The van der Waals surface area contributed by atoms with Gasteiger partial charge in [-0.1, -0.05) is 60.1 Å². The number of hydrogen-bond donors (Lipinski definition) is 3. The number of hydrogen-bond acceptors (Lipinski definition) is 3. The largest absolute Gasteiger partial charge is 0.390 e. The molecule has 0 saturated carbocycles. The van der Waals surface area contributed by atoms with Gasteiger partial charge in [-0.05, 0) is 31.2 Å². The van der Waals surface area contributed by atoms with Crippen molar-refractivity contribution in [2.45, 2.75) is 37.6 Å². The van der Waals surface area contributed by atoms with E-state index in [4.69, 9.17) is 0 Å². The summed E-state index contributed by atoms with van der Waals surface area (Å²) in [6, 6.07) is 18.7. The topological polar surface area (TPSA) is 60.7 Å². The lowest BCUT2D eigenvalue weighted by Gasteiger charge is -2.25. The van der Waals surface area contributed by atoms with Gasteiger partial charge in [0.05, 0.1) is 5.60 Å². The predicted octanol–water partition coefficient (Wildman–Crippen LogP) is 2.34. The third kappa shape index (κ3) is 7.25. The van der Waals surface area contributed by atoms with Gasteiger partial charge in [0.1, 0.15) is 12.2 Å². The molecule has 2 rings (SSSR count). The van der Waals surface area contributed by atoms with E-state index in [1.807, 2.05) is 60.7 Å². The van der Waals surface area contributed by atoms with Crippen molar-refractivity contribution in [1.29, 1.82) is 0 Å². The fourth-order valence-electron chi connectivity index (χ4n) is 2.39. The van der Waals surface area contributed by atoms with Gasteiger partial charge in [0.15, 0.2) is 0 Å². The van der Waals surface area contributed by atoms with Crippen molar-refractivity contribution in [1.82, 2.24) is 0 Å². The standard InChI is InChI=1S/C22H22O3/c1-22(25,16-20(23)14-12-18-8-4-2-5-9-18)17-21(24)15-13-19-10-6-3-7-11-19/h2-11,20-21,23-25H,16-17H2,1H3/t20-,21-/m0/s1. The van der Waals surface area contributed by atoms with Crippen LogP contribution in [0.1, 0.15) is 30.9 Å². The van der Waals surface area contributed by atoms with Crippen LogP contribution in [0, 0.1) is 23.7 Å². The SMILES string of the molecule is CC(O)(C[C@@H](O)C#Cc1ccccc1)C[C@@H](O)C#Cc1ccccc1. The number of rotatable bonds is 4. The Morgan fingerprint density at radius 2 is 1.12 bits per heavy atom. The highest BCUT2D eigenvalue weighted by molar-refractivity contribution is 5.35. The fraction of sp³-hybridized carbons (Fsp3) is 0.273. The van der Waals surface area contributed by atoms with Gasteiger partial charge >= 0.3 is 0 Å². The molecule has 0 bridgehead atoms. The summed E-state index contributed by atoms with van der Waals surface area (Å²) in [5.41, 5.74) is 0.333. The summed E-state index contributed by atoms with van der Waals surface area (Å²) in [6.45, 7) is 1.56. The van der Waals surface area contributed by atoms with Gasteiger partial charge in [0.2, 0.25) is 0 Å². The Bertz CT molecular complexity index is 707. The first-order valence-corrected chi connectivity index (χ1v) is 8.16. The maximum atomic E-state index is 10.4. The molecule has 0 aromatic heterocycles. The highest BCUT2D eigenvalue weighted by atomic mass is 16.3. The first kappa shape index (κ1) is 18.8. The average molecular weight is 334 g/mol. The van der Waals surface area contributed by atoms with E-state index < -0.39 is 17.8 Å². The van der Waals surface area contributed by atoms with Gasteiger partial charge in [-0.3, -0.25) is 0 Å². The molecule has 0 aliphatic carbocycles. The van der Waals surface area contributed by atoms with Crippen molar-refractivity contribution in [2.75, 3.05) is 0 Å². The Morgan fingerprint density at radius 1 is 0.760 bits per heavy atom. The van der Waals surface area contributed by atoms with E-state index in [1.54, 1.807) is 6.92 Å². The second kappa shape index (κ2) is 9.06. The molecule has 3 nitrogen and oxygen atoms in total. The van der Waals surface area contributed by atoms with Crippen LogP contribution < -0.4 is 0 Å². The number of benzene rings is 2. The minimum Gasteiger partial charge on any atom is -0.390 e. The second-order valence-corrected chi connectivity index (χ2v) is 6.21. The lowest BCUT2D eigenvalue weighted by Crippen LogP contribution is -2.33. The number of aliphatic hydroxyl groups excluding tert-OH is 2. The van der Waals surface area contributed by atoms with Crippen molar-refractivity contribution in [3.8, 4) is 23.7 Å². The van der Waals surface area contributed by atoms with Crippen molar-refractivity contribution in [3.63, 3.8) is 0 Å². The van der Waals surface area contributed by atoms with E-state index in [2.05, 4.69) is 23.7 Å². The van der Waals surface area contributed by atoms with Crippen LogP contribution in [0.15, 0.2) is 60.7 Å². The monoisotopic (exact) mass is 334 g/mol. The molecule has 0 spiro atoms. The molecule has 0 unspecified atom stereocenters. The van der Waals surface area contributed by atoms with E-state index >= 15 is 0 Å². The van der Waals surface area contributed by atoms with Crippen LogP contribution in [0.5, 0.6) is 0 Å². The van der Waals surface area contributed by atoms with Crippen molar-refractivity contribution in [3.05, 3.63) is 71.8 Å². The Hall–Kier alpha value is -2.56. The van der Waals surface area contributed by atoms with E-state index in [0.29, 0.717) is 0 Å². The molecule has 3 N–H and O–H groups in total. The summed E-state index contributed by atoms with van der Waals surface area (Å²) in [5, 5.41) is 30.4.